The molecular weight excluding hydrogens is 328 g/mol. The van der Waals surface area contributed by atoms with E-state index in [1.807, 2.05) is 39.2 Å². The molecule has 1 aliphatic heterocycles. The third-order valence-corrected chi connectivity index (χ3v) is 4.91. The number of hydrogen-bond acceptors (Lipinski definition) is 5. The molecule has 1 unspecified atom stereocenters. The second-order valence-electron chi connectivity index (χ2n) is 6.73. The highest BCUT2D eigenvalue weighted by Crippen LogP contribution is 2.22. The Morgan fingerprint density at radius 1 is 1.27 bits per heavy atom. The van der Waals surface area contributed by atoms with Crippen molar-refractivity contribution in [3.8, 4) is 0 Å². The highest BCUT2D eigenvalue weighted by Gasteiger charge is 2.22. The molecule has 0 aliphatic carbocycles. The van der Waals surface area contributed by atoms with Crippen molar-refractivity contribution in [2.45, 2.75) is 26.7 Å². The zero-order valence-corrected chi connectivity index (χ0v) is 16.1. The van der Waals surface area contributed by atoms with Crippen molar-refractivity contribution < 1.29 is 4.52 Å². The molecule has 140 valence electrons. The lowest BCUT2D eigenvalue weighted by molar-refractivity contribution is 0.370. The molecule has 3 rings (SSSR count). The molecule has 0 spiro atoms. The smallest absolute Gasteiger partial charge is 0.193 e. The first kappa shape index (κ1) is 18.2. The first-order valence-corrected chi connectivity index (χ1v) is 9.14. The van der Waals surface area contributed by atoms with E-state index in [-0.39, 0.29) is 0 Å². The van der Waals surface area contributed by atoms with Gasteiger partial charge in [0.05, 0.1) is 5.69 Å². The summed E-state index contributed by atoms with van der Waals surface area (Å²) in [6, 6.07) is 6.05. The maximum Gasteiger partial charge on any atom is 0.193 e. The second-order valence-corrected chi connectivity index (χ2v) is 6.73. The Labute approximate surface area is 155 Å². The number of aromatic nitrogens is 2. The fraction of sp³-hybridized carbons (Fsp3) is 0.526. The van der Waals surface area contributed by atoms with Gasteiger partial charge < -0.3 is 19.6 Å². The van der Waals surface area contributed by atoms with Gasteiger partial charge in [0, 0.05) is 57.4 Å². The molecule has 1 atom stereocenters. The molecule has 2 aromatic heterocycles. The highest BCUT2D eigenvalue weighted by atomic mass is 16.5. The van der Waals surface area contributed by atoms with E-state index < -0.39 is 0 Å². The molecule has 1 aliphatic rings. The third kappa shape index (κ3) is 3.98. The van der Waals surface area contributed by atoms with Crippen LogP contribution in [0.3, 0.4) is 0 Å². The summed E-state index contributed by atoms with van der Waals surface area (Å²) in [7, 11) is 1.84. The van der Waals surface area contributed by atoms with Crippen molar-refractivity contribution in [2.24, 2.45) is 4.99 Å². The first-order valence-electron chi connectivity index (χ1n) is 9.14. The average molecular weight is 356 g/mol. The van der Waals surface area contributed by atoms with Crippen molar-refractivity contribution in [3.63, 3.8) is 0 Å². The van der Waals surface area contributed by atoms with Crippen LogP contribution >= 0.6 is 0 Å². The van der Waals surface area contributed by atoms with Crippen molar-refractivity contribution in [2.75, 3.05) is 44.7 Å². The van der Waals surface area contributed by atoms with Crippen LogP contribution in [0.2, 0.25) is 0 Å². The van der Waals surface area contributed by atoms with Gasteiger partial charge in [-0.25, -0.2) is 4.98 Å². The number of rotatable bonds is 4. The van der Waals surface area contributed by atoms with Crippen LogP contribution in [0.4, 0.5) is 5.82 Å². The van der Waals surface area contributed by atoms with Crippen molar-refractivity contribution in [1.29, 1.82) is 0 Å². The molecule has 1 saturated heterocycles. The van der Waals surface area contributed by atoms with Crippen LogP contribution in [0.1, 0.15) is 29.9 Å². The van der Waals surface area contributed by atoms with Gasteiger partial charge in [-0.3, -0.25) is 4.99 Å². The van der Waals surface area contributed by atoms with E-state index in [1.165, 1.54) is 5.56 Å². The van der Waals surface area contributed by atoms with Crippen LogP contribution in [0.25, 0.3) is 0 Å². The minimum absolute atomic E-state index is 0.313. The first-order chi connectivity index (χ1) is 12.6. The SMILES string of the molecule is CN=C(NCC(C)c1c(C)noc1C)N1CCN(c2ccccn2)CC1. The van der Waals surface area contributed by atoms with Gasteiger partial charge in [-0.05, 0) is 26.0 Å². The lowest BCUT2D eigenvalue weighted by Crippen LogP contribution is -2.53. The standard InChI is InChI=1S/C19H28N6O/c1-14(18-15(2)23-26-16(18)3)13-22-19(20-4)25-11-9-24(10-12-25)17-7-5-6-8-21-17/h5-8,14H,9-13H2,1-4H3,(H,20,22). The zero-order valence-electron chi connectivity index (χ0n) is 16.1. The summed E-state index contributed by atoms with van der Waals surface area (Å²) < 4.78 is 5.29. The number of guanidine groups is 1. The predicted molar refractivity (Wildman–Crippen MR) is 104 cm³/mol. The maximum absolute atomic E-state index is 5.29. The lowest BCUT2D eigenvalue weighted by atomic mass is 10.00. The Morgan fingerprint density at radius 2 is 2.04 bits per heavy atom. The fourth-order valence-electron chi connectivity index (χ4n) is 3.56. The Bertz CT molecular complexity index is 714. The van der Waals surface area contributed by atoms with Gasteiger partial charge in [-0.1, -0.05) is 18.1 Å². The molecule has 0 saturated carbocycles. The Balaban J connectivity index is 1.54. The van der Waals surface area contributed by atoms with E-state index >= 15 is 0 Å². The van der Waals surface area contributed by atoms with E-state index in [1.54, 1.807) is 0 Å². The zero-order chi connectivity index (χ0) is 18.5. The summed E-state index contributed by atoms with van der Waals surface area (Å²) in [6.07, 6.45) is 1.85. The minimum atomic E-state index is 0.313. The summed E-state index contributed by atoms with van der Waals surface area (Å²) >= 11 is 0. The Kier molecular flexibility index (Phi) is 5.75. The molecule has 0 radical (unpaired) electrons. The van der Waals surface area contributed by atoms with Crippen molar-refractivity contribution in [1.82, 2.24) is 20.4 Å². The van der Waals surface area contributed by atoms with Gasteiger partial charge in [0.2, 0.25) is 0 Å². The van der Waals surface area contributed by atoms with E-state index in [9.17, 15) is 0 Å². The number of nitrogens with one attached hydrogen (secondary N) is 1. The number of piperazine rings is 1. The Morgan fingerprint density at radius 3 is 2.62 bits per heavy atom. The van der Waals surface area contributed by atoms with E-state index in [0.717, 1.165) is 56.0 Å². The van der Waals surface area contributed by atoms with Gasteiger partial charge in [0.15, 0.2) is 5.96 Å². The maximum atomic E-state index is 5.29. The number of aliphatic imine (C=N–C) groups is 1. The van der Waals surface area contributed by atoms with Crippen LogP contribution in [-0.2, 0) is 0 Å². The van der Waals surface area contributed by atoms with E-state index in [4.69, 9.17) is 4.52 Å². The molecule has 7 nitrogen and oxygen atoms in total. The summed E-state index contributed by atoms with van der Waals surface area (Å²) in [5, 5.41) is 7.57. The molecule has 0 bridgehead atoms. The number of aryl methyl sites for hydroxylation is 2. The summed E-state index contributed by atoms with van der Waals surface area (Å²) in [6.45, 7) is 10.7. The number of anilines is 1. The topological polar surface area (TPSA) is 69.8 Å². The highest BCUT2D eigenvalue weighted by molar-refractivity contribution is 5.80. The van der Waals surface area contributed by atoms with Gasteiger partial charge in [0.1, 0.15) is 11.6 Å². The normalized spacial score (nSPS) is 16.7. The lowest BCUT2D eigenvalue weighted by Gasteiger charge is -2.37. The van der Waals surface area contributed by atoms with Crippen molar-refractivity contribution in [3.05, 3.63) is 41.4 Å². The predicted octanol–water partition coefficient (Wildman–Crippen LogP) is 2.19. The molecule has 0 aromatic carbocycles. The van der Waals surface area contributed by atoms with E-state index in [2.05, 4.69) is 43.2 Å². The van der Waals surface area contributed by atoms with Crippen LogP contribution in [-0.4, -0.2) is 60.8 Å². The van der Waals surface area contributed by atoms with Gasteiger partial charge in [0.25, 0.3) is 0 Å². The number of pyridine rings is 1. The summed E-state index contributed by atoms with van der Waals surface area (Å²) in [5.74, 6) is 3.20. The van der Waals surface area contributed by atoms with Crippen LogP contribution in [0, 0.1) is 13.8 Å². The molecule has 1 fully saturated rings. The van der Waals surface area contributed by atoms with Gasteiger partial charge in [-0.15, -0.1) is 0 Å². The molecule has 26 heavy (non-hydrogen) atoms. The van der Waals surface area contributed by atoms with Crippen LogP contribution in [0.15, 0.2) is 33.9 Å². The fourth-order valence-corrected chi connectivity index (χ4v) is 3.56. The number of nitrogens with zero attached hydrogens (tertiary/aromatic N) is 5. The minimum Gasteiger partial charge on any atom is -0.361 e. The number of hydrogen-bond donors (Lipinski definition) is 1. The quantitative estimate of drug-likeness (QED) is 0.669. The monoisotopic (exact) mass is 356 g/mol. The van der Waals surface area contributed by atoms with Gasteiger partial charge in [-0.2, -0.15) is 0 Å². The van der Waals surface area contributed by atoms with Crippen molar-refractivity contribution >= 4 is 11.8 Å². The summed E-state index contributed by atoms with van der Waals surface area (Å²) in [5.41, 5.74) is 2.16. The second kappa shape index (κ2) is 8.21. The largest absolute Gasteiger partial charge is 0.361 e. The molecular formula is C19H28N6O. The van der Waals surface area contributed by atoms with E-state index in [0.29, 0.717) is 5.92 Å². The third-order valence-electron chi connectivity index (χ3n) is 4.91. The van der Waals surface area contributed by atoms with Crippen LogP contribution < -0.4 is 10.2 Å². The summed E-state index contributed by atoms with van der Waals surface area (Å²) in [4.78, 5) is 13.5. The molecule has 3 heterocycles. The van der Waals surface area contributed by atoms with Gasteiger partial charge >= 0.3 is 0 Å². The Hall–Kier alpha value is -2.57. The average Bonchev–Trinajstić information content (AvgIpc) is 3.01. The molecule has 7 heteroatoms. The molecule has 0 amide bonds. The molecule has 1 N–H and O–H groups in total. The molecule has 2 aromatic rings. The van der Waals surface area contributed by atoms with Crippen LogP contribution in [0.5, 0.6) is 0 Å².